The van der Waals surface area contributed by atoms with Crippen molar-refractivity contribution in [3.8, 4) is 0 Å². The molecule has 1 heterocycles. The molecule has 0 spiro atoms. The summed E-state index contributed by atoms with van der Waals surface area (Å²) >= 11 is 1.28. The molecule has 1 aromatic heterocycles. The SMILES string of the molecule is CC[Si](CC)(CC)c1cc(Br)nc(/C(=N\[S@+]([O-])C(C)(C)C)C(F)F)c1F. The van der Waals surface area contributed by atoms with Crippen LogP contribution in [-0.4, -0.2) is 34.5 Å². The summed E-state index contributed by atoms with van der Waals surface area (Å²) in [6, 6.07) is 3.98. The van der Waals surface area contributed by atoms with Crippen LogP contribution in [0.5, 0.6) is 0 Å². The van der Waals surface area contributed by atoms with Gasteiger partial charge in [-0.2, -0.15) is 0 Å². The average molecular weight is 471 g/mol. The molecule has 0 bridgehead atoms. The highest BCUT2D eigenvalue weighted by molar-refractivity contribution is 9.10. The quantitative estimate of drug-likeness (QED) is 0.237. The molecule has 1 aromatic rings. The van der Waals surface area contributed by atoms with Crippen molar-refractivity contribution in [2.24, 2.45) is 4.40 Å². The predicted octanol–water partition coefficient (Wildman–Crippen LogP) is 5.22. The zero-order chi connectivity index (χ0) is 20.3. The van der Waals surface area contributed by atoms with Crippen molar-refractivity contribution in [3.05, 3.63) is 22.2 Å². The molecule has 0 saturated heterocycles. The van der Waals surface area contributed by atoms with Crippen LogP contribution in [0.2, 0.25) is 18.1 Å². The third-order valence-electron chi connectivity index (χ3n) is 4.68. The van der Waals surface area contributed by atoms with E-state index in [1.54, 1.807) is 26.8 Å². The zero-order valence-electron chi connectivity index (χ0n) is 16.0. The van der Waals surface area contributed by atoms with Gasteiger partial charge in [0.2, 0.25) is 0 Å². The summed E-state index contributed by atoms with van der Waals surface area (Å²) in [5.74, 6) is -0.754. The van der Waals surface area contributed by atoms with Crippen LogP contribution in [-0.2, 0) is 11.4 Å². The Balaban J connectivity index is 3.69. The lowest BCUT2D eigenvalue weighted by Gasteiger charge is -2.29. The number of alkyl halides is 2. The van der Waals surface area contributed by atoms with Gasteiger partial charge in [-0.15, -0.1) is 0 Å². The van der Waals surface area contributed by atoms with Gasteiger partial charge in [0.05, 0.1) is 8.07 Å². The van der Waals surface area contributed by atoms with Crippen molar-refractivity contribution < 1.29 is 17.7 Å². The van der Waals surface area contributed by atoms with E-state index < -0.39 is 47.8 Å². The minimum Gasteiger partial charge on any atom is -0.591 e. The second kappa shape index (κ2) is 9.21. The second-order valence-corrected chi connectivity index (χ2v) is 15.1. The van der Waals surface area contributed by atoms with Crippen molar-refractivity contribution in [1.82, 2.24) is 4.98 Å². The van der Waals surface area contributed by atoms with Gasteiger partial charge in [-0.3, -0.25) is 0 Å². The first-order valence-corrected chi connectivity index (χ1v) is 13.1. The first-order chi connectivity index (χ1) is 11.9. The number of aromatic nitrogens is 1. The molecular formula is C17H26BrF3N2OSSi. The van der Waals surface area contributed by atoms with E-state index >= 15 is 4.39 Å². The summed E-state index contributed by atoms with van der Waals surface area (Å²) in [6.45, 7) is 10.9. The lowest BCUT2D eigenvalue weighted by Crippen LogP contribution is -2.48. The second-order valence-electron chi connectivity index (χ2n) is 7.13. The third kappa shape index (κ3) is 5.11. The van der Waals surface area contributed by atoms with E-state index in [1.165, 1.54) is 0 Å². The molecular weight excluding hydrogens is 445 g/mol. The van der Waals surface area contributed by atoms with E-state index in [4.69, 9.17) is 0 Å². The summed E-state index contributed by atoms with van der Waals surface area (Å²) in [5.41, 5.74) is -1.36. The highest BCUT2D eigenvalue weighted by atomic mass is 79.9. The van der Waals surface area contributed by atoms with E-state index in [-0.39, 0.29) is 4.60 Å². The summed E-state index contributed by atoms with van der Waals surface area (Å²) < 4.78 is 57.9. The van der Waals surface area contributed by atoms with Gasteiger partial charge in [0.25, 0.3) is 6.43 Å². The van der Waals surface area contributed by atoms with Gasteiger partial charge >= 0.3 is 0 Å². The predicted molar refractivity (Wildman–Crippen MR) is 109 cm³/mol. The van der Waals surface area contributed by atoms with E-state index in [0.717, 1.165) is 18.1 Å². The van der Waals surface area contributed by atoms with Crippen molar-refractivity contribution in [2.45, 2.75) is 70.8 Å². The van der Waals surface area contributed by atoms with Crippen LogP contribution >= 0.6 is 15.9 Å². The Labute approximate surface area is 166 Å². The maximum absolute atomic E-state index is 15.3. The van der Waals surface area contributed by atoms with Crippen molar-refractivity contribution >= 4 is 46.3 Å². The fourth-order valence-electron chi connectivity index (χ4n) is 2.79. The van der Waals surface area contributed by atoms with Gasteiger partial charge in [-0.25, -0.2) is 18.2 Å². The Morgan fingerprint density at radius 1 is 1.27 bits per heavy atom. The molecule has 1 rings (SSSR count). The minimum atomic E-state index is -3.08. The molecule has 0 aliphatic heterocycles. The van der Waals surface area contributed by atoms with E-state index in [9.17, 15) is 13.3 Å². The topological polar surface area (TPSA) is 48.3 Å². The number of hydrogen-bond donors (Lipinski definition) is 0. The molecule has 0 unspecified atom stereocenters. The molecule has 9 heteroatoms. The van der Waals surface area contributed by atoms with Gasteiger partial charge in [0.15, 0.2) is 5.71 Å². The van der Waals surface area contributed by atoms with Gasteiger partial charge in [-0.1, -0.05) is 43.3 Å². The largest absolute Gasteiger partial charge is 0.591 e. The summed E-state index contributed by atoms with van der Waals surface area (Å²) in [4.78, 5) is 3.93. The molecule has 0 aliphatic rings. The van der Waals surface area contributed by atoms with Gasteiger partial charge in [-0.05, 0) is 48.0 Å². The molecule has 0 N–H and O–H groups in total. The van der Waals surface area contributed by atoms with Gasteiger partial charge in [0.1, 0.15) is 32.2 Å². The lowest BCUT2D eigenvalue weighted by molar-refractivity contribution is 0.226. The Morgan fingerprint density at radius 2 is 1.77 bits per heavy atom. The molecule has 0 aromatic carbocycles. The fraction of sp³-hybridized carbons (Fsp3) is 0.647. The molecule has 148 valence electrons. The molecule has 0 aliphatic carbocycles. The van der Waals surface area contributed by atoms with Crippen molar-refractivity contribution in [3.63, 3.8) is 0 Å². The van der Waals surface area contributed by atoms with Crippen molar-refractivity contribution in [2.75, 3.05) is 0 Å². The highest BCUT2D eigenvalue weighted by Crippen LogP contribution is 2.26. The fourth-order valence-corrected chi connectivity index (χ4v) is 7.69. The summed E-state index contributed by atoms with van der Waals surface area (Å²) in [7, 11) is -2.18. The molecule has 0 amide bonds. The molecule has 3 nitrogen and oxygen atoms in total. The standard InChI is InChI=1S/C17H26BrF3N2OSSi/c1-7-26(8-2,9-3)11-10-12(18)22-14(13(11)19)15(16(20)21)23-25(24)17(4,5)6/h10,16H,7-9H2,1-6H3/b23-15+/t25-/m1/s1. The smallest absolute Gasteiger partial charge is 0.287 e. The van der Waals surface area contributed by atoms with Crippen LogP contribution in [0.25, 0.3) is 0 Å². The first-order valence-electron chi connectivity index (χ1n) is 8.59. The summed E-state index contributed by atoms with van der Waals surface area (Å²) in [6.07, 6.45) is -3.08. The summed E-state index contributed by atoms with van der Waals surface area (Å²) in [5, 5.41) is 0.469. The van der Waals surface area contributed by atoms with E-state index in [2.05, 4.69) is 25.3 Å². The van der Waals surface area contributed by atoms with Crippen LogP contribution in [0, 0.1) is 5.82 Å². The number of rotatable bonds is 7. The molecule has 0 saturated carbocycles. The Morgan fingerprint density at radius 3 is 2.15 bits per heavy atom. The van der Waals surface area contributed by atoms with E-state index in [1.807, 2.05) is 20.8 Å². The minimum absolute atomic E-state index is 0.283. The number of nitrogens with zero attached hydrogens (tertiary/aromatic N) is 2. The van der Waals surface area contributed by atoms with Crippen LogP contribution in [0.3, 0.4) is 0 Å². The molecule has 0 radical (unpaired) electrons. The Kier molecular flexibility index (Phi) is 8.38. The molecule has 0 fully saturated rings. The highest BCUT2D eigenvalue weighted by Gasteiger charge is 2.37. The number of halogens is 4. The average Bonchev–Trinajstić information content (AvgIpc) is 2.56. The Bertz CT molecular complexity index is 656. The number of hydrogen-bond acceptors (Lipinski definition) is 3. The van der Waals surface area contributed by atoms with Crippen LogP contribution in [0.15, 0.2) is 15.1 Å². The van der Waals surface area contributed by atoms with Crippen LogP contribution in [0.1, 0.15) is 47.2 Å². The van der Waals surface area contributed by atoms with Crippen LogP contribution in [0.4, 0.5) is 13.2 Å². The van der Waals surface area contributed by atoms with E-state index in [0.29, 0.717) is 5.19 Å². The van der Waals surface area contributed by atoms with Crippen molar-refractivity contribution in [1.29, 1.82) is 0 Å². The molecule has 1 atom stereocenters. The molecule has 26 heavy (non-hydrogen) atoms. The zero-order valence-corrected chi connectivity index (χ0v) is 19.4. The maximum Gasteiger partial charge on any atom is 0.287 e. The van der Waals surface area contributed by atoms with Crippen LogP contribution < -0.4 is 5.19 Å². The van der Waals surface area contributed by atoms with Gasteiger partial charge in [0, 0.05) is 0 Å². The lowest BCUT2D eigenvalue weighted by atomic mass is 10.2. The monoisotopic (exact) mass is 470 g/mol. The Hall–Kier alpha value is -0.383. The third-order valence-corrected chi connectivity index (χ3v) is 12.1. The van der Waals surface area contributed by atoms with Gasteiger partial charge < -0.3 is 4.55 Å². The number of pyridine rings is 1. The normalized spacial score (nSPS) is 14.8. The first kappa shape index (κ1) is 23.7. The maximum atomic E-state index is 15.3.